The first kappa shape index (κ1) is 15.0. The van der Waals surface area contributed by atoms with Crippen molar-refractivity contribution in [3.63, 3.8) is 0 Å². The van der Waals surface area contributed by atoms with Gasteiger partial charge in [0.25, 0.3) is 0 Å². The van der Waals surface area contributed by atoms with Gasteiger partial charge in [-0.15, -0.1) is 11.3 Å². The molecule has 110 valence electrons. The first-order valence-corrected chi connectivity index (χ1v) is 7.84. The first-order valence-electron chi connectivity index (χ1n) is 6.96. The Morgan fingerprint density at radius 1 is 1.50 bits per heavy atom. The van der Waals surface area contributed by atoms with Crippen molar-refractivity contribution in [3.8, 4) is 0 Å². The first-order chi connectivity index (χ1) is 9.65. The number of primary amides is 1. The molecule has 0 aliphatic carbocycles. The second-order valence-corrected chi connectivity index (χ2v) is 6.19. The third-order valence-electron chi connectivity index (χ3n) is 3.55. The Labute approximate surface area is 123 Å². The van der Waals surface area contributed by atoms with E-state index in [1.54, 1.807) is 11.3 Å². The van der Waals surface area contributed by atoms with Crippen LogP contribution < -0.4 is 11.1 Å². The van der Waals surface area contributed by atoms with Crippen LogP contribution in [0.4, 0.5) is 0 Å². The van der Waals surface area contributed by atoms with Gasteiger partial charge in [-0.2, -0.15) is 0 Å². The largest absolute Gasteiger partial charge is 0.369 e. The lowest BCUT2D eigenvalue weighted by atomic mass is 9.97. The zero-order valence-corrected chi connectivity index (χ0v) is 12.3. The molecule has 1 aromatic heterocycles. The number of rotatable bonds is 6. The monoisotopic (exact) mass is 295 g/mol. The van der Waals surface area contributed by atoms with Crippen LogP contribution in [0.2, 0.25) is 0 Å². The van der Waals surface area contributed by atoms with Gasteiger partial charge in [0.05, 0.1) is 12.5 Å². The molecule has 2 rings (SSSR count). The highest BCUT2D eigenvalue weighted by atomic mass is 32.1. The second kappa shape index (κ2) is 7.40. The summed E-state index contributed by atoms with van der Waals surface area (Å²) in [4.78, 5) is 26.3. The van der Waals surface area contributed by atoms with Crippen molar-refractivity contribution in [2.45, 2.75) is 19.3 Å². The number of nitrogens with zero attached hydrogens (tertiary/aromatic N) is 1. The quantitative estimate of drug-likeness (QED) is 0.807. The van der Waals surface area contributed by atoms with Crippen LogP contribution in [-0.4, -0.2) is 42.9 Å². The fraction of sp³-hybridized carbons (Fsp3) is 0.571. The van der Waals surface area contributed by atoms with Gasteiger partial charge in [0.1, 0.15) is 0 Å². The van der Waals surface area contributed by atoms with Crippen LogP contribution in [0, 0.1) is 5.92 Å². The number of nitrogens with two attached hydrogens (primary N) is 1. The van der Waals surface area contributed by atoms with E-state index in [2.05, 4.69) is 11.4 Å². The highest BCUT2D eigenvalue weighted by Crippen LogP contribution is 2.15. The summed E-state index contributed by atoms with van der Waals surface area (Å²) in [6.45, 7) is 2.48. The Bertz CT molecular complexity index is 447. The van der Waals surface area contributed by atoms with E-state index in [4.69, 9.17) is 5.73 Å². The van der Waals surface area contributed by atoms with Crippen LogP contribution in [0.25, 0.3) is 0 Å². The number of thiophene rings is 1. The number of carbonyl (C=O) groups is 2. The molecule has 0 radical (unpaired) electrons. The molecule has 1 atom stereocenters. The van der Waals surface area contributed by atoms with Gasteiger partial charge < -0.3 is 11.1 Å². The molecule has 1 aliphatic rings. The molecule has 1 aliphatic heterocycles. The number of piperidine rings is 1. The smallest absolute Gasteiger partial charge is 0.234 e. The van der Waals surface area contributed by atoms with Crippen molar-refractivity contribution in [2.75, 3.05) is 26.2 Å². The molecule has 0 saturated carbocycles. The Morgan fingerprint density at radius 3 is 3.05 bits per heavy atom. The van der Waals surface area contributed by atoms with E-state index < -0.39 is 0 Å². The second-order valence-electron chi connectivity index (χ2n) is 5.16. The lowest BCUT2D eigenvalue weighted by Crippen LogP contribution is -2.45. The molecule has 1 aromatic rings. The van der Waals surface area contributed by atoms with Gasteiger partial charge in [0, 0.05) is 18.0 Å². The molecule has 0 aromatic carbocycles. The van der Waals surface area contributed by atoms with E-state index in [1.165, 1.54) is 4.88 Å². The van der Waals surface area contributed by atoms with E-state index in [0.717, 1.165) is 25.8 Å². The van der Waals surface area contributed by atoms with Gasteiger partial charge in [-0.1, -0.05) is 6.07 Å². The summed E-state index contributed by atoms with van der Waals surface area (Å²) in [6.07, 6.45) is 2.63. The minimum absolute atomic E-state index is 0.0201. The average Bonchev–Trinajstić information content (AvgIpc) is 2.92. The maximum atomic E-state index is 11.9. The van der Waals surface area contributed by atoms with Gasteiger partial charge in [-0.05, 0) is 37.3 Å². The fourth-order valence-electron chi connectivity index (χ4n) is 2.47. The van der Waals surface area contributed by atoms with Crippen molar-refractivity contribution < 1.29 is 9.59 Å². The molecule has 2 heterocycles. The summed E-state index contributed by atoms with van der Waals surface area (Å²) < 4.78 is 0. The zero-order valence-electron chi connectivity index (χ0n) is 11.5. The Kier molecular flexibility index (Phi) is 5.55. The maximum Gasteiger partial charge on any atom is 0.234 e. The van der Waals surface area contributed by atoms with Crippen molar-refractivity contribution in [1.82, 2.24) is 10.2 Å². The van der Waals surface area contributed by atoms with E-state index >= 15 is 0 Å². The number of hydrogen-bond donors (Lipinski definition) is 2. The third kappa shape index (κ3) is 4.61. The molecular weight excluding hydrogens is 274 g/mol. The Balaban J connectivity index is 1.67. The van der Waals surface area contributed by atoms with Crippen molar-refractivity contribution in [1.29, 1.82) is 0 Å². The summed E-state index contributed by atoms with van der Waals surface area (Å²) >= 11 is 1.70. The van der Waals surface area contributed by atoms with Crippen LogP contribution in [0.1, 0.15) is 17.7 Å². The highest BCUT2D eigenvalue weighted by Gasteiger charge is 2.24. The lowest BCUT2D eigenvalue weighted by molar-refractivity contribution is -0.126. The van der Waals surface area contributed by atoms with Gasteiger partial charge in [-0.3, -0.25) is 14.5 Å². The zero-order chi connectivity index (χ0) is 14.4. The van der Waals surface area contributed by atoms with Gasteiger partial charge in [-0.25, -0.2) is 0 Å². The summed E-state index contributed by atoms with van der Waals surface area (Å²) in [5, 5.41) is 4.96. The van der Waals surface area contributed by atoms with Crippen LogP contribution in [0.5, 0.6) is 0 Å². The van der Waals surface area contributed by atoms with Crippen molar-refractivity contribution in [2.24, 2.45) is 11.7 Å². The molecule has 1 fully saturated rings. The lowest BCUT2D eigenvalue weighted by Gasteiger charge is -2.30. The van der Waals surface area contributed by atoms with E-state index in [9.17, 15) is 9.59 Å². The van der Waals surface area contributed by atoms with Crippen LogP contribution in [0.3, 0.4) is 0 Å². The summed E-state index contributed by atoms with van der Waals surface area (Å²) in [5.74, 6) is -0.345. The average molecular weight is 295 g/mol. The number of amides is 2. The molecule has 0 unspecified atom stereocenters. The minimum atomic E-state index is -0.257. The predicted molar refractivity (Wildman–Crippen MR) is 79.4 cm³/mol. The van der Waals surface area contributed by atoms with Crippen LogP contribution >= 0.6 is 11.3 Å². The maximum absolute atomic E-state index is 11.9. The standard InChI is InChI=1S/C14H21N3O2S/c15-14(19)11-3-1-7-17(9-11)10-13(18)16-6-5-12-4-2-8-20-12/h2,4,8,11H,1,3,5-7,9-10H2,(H2,15,19)(H,16,18)/t11-/m0/s1. The molecular formula is C14H21N3O2S. The van der Waals surface area contributed by atoms with E-state index in [1.807, 2.05) is 16.3 Å². The SMILES string of the molecule is NC(=O)[C@H]1CCCN(CC(=O)NCCc2cccs2)C1. The van der Waals surface area contributed by atoms with Crippen LogP contribution in [-0.2, 0) is 16.0 Å². The van der Waals surface area contributed by atoms with Crippen molar-refractivity contribution in [3.05, 3.63) is 22.4 Å². The number of nitrogens with one attached hydrogen (secondary N) is 1. The number of likely N-dealkylation sites (tertiary alicyclic amines) is 1. The normalized spacial score (nSPS) is 19.7. The van der Waals surface area contributed by atoms with Gasteiger partial charge in [0.2, 0.25) is 11.8 Å². The van der Waals surface area contributed by atoms with E-state index in [-0.39, 0.29) is 17.7 Å². The van der Waals surface area contributed by atoms with Gasteiger partial charge >= 0.3 is 0 Å². The molecule has 2 amide bonds. The summed E-state index contributed by atoms with van der Waals surface area (Å²) in [6, 6.07) is 4.08. The summed E-state index contributed by atoms with van der Waals surface area (Å²) in [5.41, 5.74) is 5.33. The Morgan fingerprint density at radius 2 is 2.35 bits per heavy atom. The molecule has 0 spiro atoms. The number of carbonyl (C=O) groups excluding carboxylic acids is 2. The predicted octanol–water partition coefficient (Wildman–Crippen LogP) is 0.604. The minimum Gasteiger partial charge on any atom is -0.369 e. The third-order valence-corrected chi connectivity index (χ3v) is 4.48. The fourth-order valence-corrected chi connectivity index (χ4v) is 3.18. The topological polar surface area (TPSA) is 75.4 Å². The molecule has 20 heavy (non-hydrogen) atoms. The Hall–Kier alpha value is -1.40. The van der Waals surface area contributed by atoms with Crippen molar-refractivity contribution >= 4 is 23.2 Å². The molecule has 6 heteroatoms. The highest BCUT2D eigenvalue weighted by molar-refractivity contribution is 7.09. The van der Waals surface area contributed by atoms with Gasteiger partial charge in [0.15, 0.2) is 0 Å². The summed E-state index contributed by atoms with van der Waals surface area (Å²) in [7, 11) is 0. The molecule has 1 saturated heterocycles. The molecule has 3 N–H and O–H groups in total. The van der Waals surface area contributed by atoms with E-state index in [0.29, 0.717) is 19.6 Å². The van der Waals surface area contributed by atoms with Crippen LogP contribution in [0.15, 0.2) is 17.5 Å². The molecule has 5 nitrogen and oxygen atoms in total. The number of hydrogen-bond acceptors (Lipinski definition) is 4. The molecule has 0 bridgehead atoms.